The zero-order chi connectivity index (χ0) is 10.4. The molecule has 0 bridgehead atoms. The number of carbonyl (C=O) groups is 1. The molecule has 2 heteroatoms. The first-order valence-corrected chi connectivity index (χ1v) is 6.03. The van der Waals surface area contributed by atoms with E-state index in [1.54, 1.807) is 0 Å². The van der Waals surface area contributed by atoms with Gasteiger partial charge in [0.15, 0.2) is 0 Å². The number of amides is 1. The molecule has 2 nitrogen and oxygen atoms in total. The lowest BCUT2D eigenvalue weighted by Gasteiger charge is -2.29. The van der Waals surface area contributed by atoms with E-state index in [1.807, 2.05) is 0 Å². The van der Waals surface area contributed by atoms with Gasteiger partial charge < -0.3 is 5.32 Å². The van der Waals surface area contributed by atoms with Crippen LogP contribution in [0.2, 0.25) is 0 Å². The van der Waals surface area contributed by atoms with E-state index in [2.05, 4.69) is 19.2 Å². The summed E-state index contributed by atoms with van der Waals surface area (Å²) in [4.78, 5) is 11.3. The third-order valence-electron chi connectivity index (χ3n) is 3.25. The lowest BCUT2D eigenvalue weighted by molar-refractivity contribution is -0.119. The van der Waals surface area contributed by atoms with Gasteiger partial charge in [-0.25, -0.2) is 0 Å². The molecule has 1 saturated heterocycles. The molecule has 1 aliphatic heterocycles. The molecule has 1 N–H and O–H groups in total. The van der Waals surface area contributed by atoms with E-state index in [1.165, 1.54) is 38.5 Å². The smallest absolute Gasteiger partial charge is 0.220 e. The molecule has 1 rings (SSSR count). The van der Waals surface area contributed by atoms with Crippen LogP contribution >= 0.6 is 0 Å². The third-order valence-corrected chi connectivity index (χ3v) is 3.25. The lowest BCUT2D eigenvalue weighted by atomic mass is 9.86. The van der Waals surface area contributed by atoms with Crippen LogP contribution in [0, 0.1) is 0 Å². The maximum Gasteiger partial charge on any atom is 0.220 e. The van der Waals surface area contributed by atoms with Crippen LogP contribution < -0.4 is 5.32 Å². The van der Waals surface area contributed by atoms with Crippen molar-refractivity contribution in [2.24, 2.45) is 0 Å². The number of nitrogens with one attached hydrogen (secondary N) is 1. The molecule has 82 valence electrons. The van der Waals surface area contributed by atoms with Crippen LogP contribution in [-0.2, 0) is 4.79 Å². The van der Waals surface area contributed by atoms with Crippen molar-refractivity contribution in [1.82, 2.24) is 5.32 Å². The molecule has 0 aromatic rings. The zero-order valence-electron chi connectivity index (χ0n) is 9.57. The van der Waals surface area contributed by atoms with Crippen LogP contribution in [-0.4, -0.2) is 11.4 Å². The number of hydrogen-bond acceptors (Lipinski definition) is 1. The maximum absolute atomic E-state index is 11.3. The average molecular weight is 197 g/mol. The molecular formula is C12H23NO. The lowest BCUT2D eigenvalue weighted by Crippen LogP contribution is -2.41. The second kappa shape index (κ2) is 5.38. The second-order valence-electron chi connectivity index (χ2n) is 4.54. The number of unbranched alkanes of at least 4 members (excludes halogenated alkanes) is 2. The van der Waals surface area contributed by atoms with Crippen molar-refractivity contribution in [2.75, 3.05) is 0 Å². The van der Waals surface area contributed by atoms with Crippen LogP contribution in [0.1, 0.15) is 65.2 Å². The van der Waals surface area contributed by atoms with Crippen LogP contribution in [0.4, 0.5) is 0 Å². The topological polar surface area (TPSA) is 29.1 Å². The highest BCUT2D eigenvalue weighted by molar-refractivity contribution is 5.79. The summed E-state index contributed by atoms with van der Waals surface area (Å²) in [5, 5.41) is 3.20. The summed E-state index contributed by atoms with van der Waals surface area (Å²) in [5.41, 5.74) is 0.170. The van der Waals surface area contributed by atoms with Gasteiger partial charge in [0.25, 0.3) is 0 Å². The van der Waals surface area contributed by atoms with E-state index in [0.717, 1.165) is 12.8 Å². The predicted octanol–water partition coefficient (Wildman–Crippen LogP) is 3.02. The molecule has 1 fully saturated rings. The van der Waals surface area contributed by atoms with E-state index in [-0.39, 0.29) is 11.4 Å². The Morgan fingerprint density at radius 3 is 2.14 bits per heavy atom. The molecule has 0 atom stereocenters. The molecule has 1 heterocycles. The standard InChI is InChI=1S/C12H23NO/c1-3-5-8-12(9-6-4-2)10-7-11(14)13-12/h3-10H2,1-2H3,(H,13,14). The summed E-state index contributed by atoms with van der Waals surface area (Å²) in [5.74, 6) is 0.261. The van der Waals surface area contributed by atoms with Gasteiger partial charge in [0.05, 0.1) is 0 Å². The Morgan fingerprint density at radius 2 is 1.79 bits per heavy atom. The highest BCUT2D eigenvalue weighted by atomic mass is 16.2. The van der Waals surface area contributed by atoms with Crippen molar-refractivity contribution in [2.45, 2.75) is 70.8 Å². The minimum atomic E-state index is 0.170. The van der Waals surface area contributed by atoms with Crippen molar-refractivity contribution in [3.63, 3.8) is 0 Å². The minimum Gasteiger partial charge on any atom is -0.351 e. The number of carbonyl (C=O) groups excluding carboxylic acids is 1. The summed E-state index contributed by atoms with van der Waals surface area (Å²) in [7, 11) is 0. The molecule has 0 unspecified atom stereocenters. The van der Waals surface area contributed by atoms with Crippen molar-refractivity contribution in [3.05, 3.63) is 0 Å². The van der Waals surface area contributed by atoms with E-state index in [9.17, 15) is 4.79 Å². The van der Waals surface area contributed by atoms with Crippen molar-refractivity contribution < 1.29 is 4.79 Å². The fraction of sp³-hybridized carbons (Fsp3) is 0.917. The molecule has 0 aromatic carbocycles. The number of rotatable bonds is 6. The predicted molar refractivity (Wildman–Crippen MR) is 59.2 cm³/mol. The second-order valence-corrected chi connectivity index (χ2v) is 4.54. The molecule has 1 aliphatic rings. The first-order valence-electron chi connectivity index (χ1n) is 6.03. The molecule has 1 amide bonds. The average Bonchev–Trinajstić information content (AvgIpc) is 2.55. The summed E-state index contributed by atoms with van der Waals surface area (Å²) < 4.78 is 0. The highest BCUT2D eigenvalue weighted by Crippen LogP contribution is 2.30. The van der Waals surface area contributed by atoms with Gasteiger partial charge in [-0.3, -0.25) is 4.79 Å². The van der Waals surface area contributed by atoms with Gasteiger partial charge in [-0.1, -0.05) is 39.5 Å². The van der Waals surface area contributed by atoms with Crippen molar-refractivity contribution in [3.8, 4) is 0 Å². The minimum absolute atomic E-state index is 0.170. The van der Waals surface area contributed by atoms with E-state index in [4.69, 9.17) is 0 Å². The molecule has 0 spiro atoms. The van der Waals surface area contributed by atoms with E-state index in [0.29, 0.717) is 0 Å². The Labute approximate surface area is 87.5 Å². The quantitative estimate of drug-likeness (QED) is 0.696. The van der Waals surface area contributed by atoms with Gasteiger partial charge in [0, 0.05) is 12.0 Å². The molecule has 0 radical (unpaired) electrons. The van der Waals surface area contributed by atoms with E-state index >= 15 is 0 Å². The maximum atomic E-state index is 11.3. The zero-order valence-corrected chi connectivity index (χ0v) is 9.57. The molecule has 0 aliphatic carbocycles. The van der Waals surface area contributed by atoms with Gasteiger partial charge >= 0.3 is 0 Å². The Bertz CT molecular complexity index is 181. The van der Waals surface area contributed by atoms with Crippen LogP contribution in [0.15, 0.2) is 0 Å². The summed E-state index contributed by atoms with van der Waals surface area (Å²) in [6.07, 6.45) is 9.09. The van der Waals surface area contributed by atoms with Gasteiger partial charge in [0.1, 0.15) is 0 Å². The number of hydrogen-bond donors (Lipinski definition) is 1. The normalized spacial score (nSPS) is 19.7. The van der Waals surface area contributed by atoms with Crippen LogP contribution in [0.25, 0.3) is 0 Å². The first kappa shape index (κ1) is 11.5. The van der Waals surface area contributed by atoms with Crippen LogP contribution in [0.5, 0.6) is 0 Å². The fourth-order valence-electron chi connectivity index (χ4n) is 2.30. The molecular weight excluding hydrogens is 174 g/mol. The summed E-state index contributed by atoms with van der Waals surface area (Å²) in [6, 6.07) is 0. The van der Waals surface area contributed by atoms with Crippen molar-refractivity contribution in [1.29, 1.82) is 0 Å². The largest absolute Gasteiger partial charge is 0.351 e. The van der Waals surface area contributed by atoms with Crippen molar-refractivity contribution >= 4 is 5.91 Å². The monoisotopic (exact) mass is 197 g/mol. The van der Waals surface area contributed by atoms with Crippen LogP contribution in [0.3, 0.4) is 0 Å². The Balaban J connectivity index is 2.46. The van der Waals surface area contributed by atoms with Gasteiger partial charge in [0.2, 0.25) is 5.91 Å². The fourth-order valence-corrected chi connectivity index (χ4v) is 2.30. The Morgan fingerprint density at radius 1 is 1.21 bits per heavy atom. The molecule has 14 heavy (non-hydrogen) atoms. The summed E-state index contributed by atoms with van der Waals surface area (Å²) in [6.45, 7) is 4.43. The Kier molecular flexibility index (Phi) is 4.43. The van der Waals surface area contributed by atoms with Gasteiger partial charge in [-0.05, 0) is 19.3 Å². The SMILES string of the molecule is CCCCC1(CCCC)CCC(=O)N1. The van der Waals surface area contributed by atoms with E-state index < -0.39 is 0 Å². The summed E-state index contributed by atoms with van der Waals surface area (Å²) >= 11 is 0. The first-order chi connectivity index (χ1) is 6.72. The highest BCUT2D eigenvalue weighted by Gasteiger charge is 2.35. The molecule has 0 saturated carbocycles. The molecule has 0 aromatic heterocycles. The third kappa shape index (κ3) is 3.00. The Hall–Kier alpha value is -0.530. The van der Waals surface area contributed by atoms with Gasteiger partial charge in [-0.15, -0.1) is 0 Å². The van der Waals surface area contributed by atoms with Gasteiger partial charge in [-0.2, -0.15) is 0 Å².